The van der Waals surface area contributed by atoms with E-state index in [1.807, 2.05) is 6.92 Å². The van der Waals surface area contributed by atoms with Crippen molar-refractivity contribution in [3.05, 3.63) is 54.1 Å². The highest BCUT2D eigenvalue weighted by Crippen LogP contribution is 2.23. The van der Waals surface area contributed by atoms with Crippen molar-refractivity contribution in [2.24, 2.45) is 0 Å². The van der Waals surface area contributed by atoms with E-state index in [1.54, 1.807) is 24.3 Å². The van der Waals surface area contributed by atoms with E-state index in [4.69, 9.17) is 9.84 Å². The first kappa shape index (κ1) is 21.6. The molecule has 1 aliphatic rings. The lowest BCUT2D eigenvalue weighted by Gasteiger charge is -2.17. The molecule has 0 aromatic heterocycles. The zero-order valence-electron chi connectivity index (χ0n) is 17.1. The first-order chi connectivity index (χ1) is 13.5. The van der Waals surface area contributed by atoms with Crippen LogP contribution < -0.4 is 15.0 Å². The molecule has 3 rings (SSSR count). The Morgan fingerprint density at radius 2 is 1.71 bits per heavy atom. The molecule has 1 saturated heterocycles. The summed E-state index contributed by atoms with van der Waals surface area (Å²) in [4.78, 5) is 13.2. The van der Waals surface area contributed by atoms with E-state index in [9.17, 15) is 4.79 Å². The van der Waals surface area contributed by atoms with Crippen LogP contribution in [0.4, 0.5) is 5.69 Å². The second-order valence-electron chi connectivity index (χ2n) is 7.05. The van der Waals surface area contributed by atoms with Crippen molar-refractivity contribution in [2.75, 3.05) is 24.6 Å². The highest BCUT2D eigenvalue weighted by molar-refractivity contribution is 5.73. The van der Waals surface area contributed by atoms with Gasteiger partial charge in [-0.1, -0.05) is 19.1 Å². The Balaban J connectivity index is 0.000000203. The van der Waals surface area contributed by atoms with Crippen LogP contribution >= 0.6 is 0 Å². The molecule has 28 heavy (non-hydrogen) atoms. The minimum atomic E-state index is -0.0550. The topological polar surface area (TPSA) is 61.8 Å². The molecule has 0 aliphatic carbocycles. The van der Waals surface area contributed by atoms with Gasteiger partial charge in [-0.25, -0.2) is 0 Å². The van der Waals surface area contributed by atoms with Crippen LogP contribution in [0.1, 0.15) is 51.6 Å². The summed E-state index contributed by atoms with van der Waals surface area (Å²) in [6.07, 6.45) is 3.72. The molecule has 1 fully saturated rings. The van der Waals surface area contributed by atoms with E-state index in [1.165, 1.54) is 38.5 Å². The predicted molar refractivity (Wildman–Crippen MR) is 114 cm³/mol. The van der Waals surface area contributed by atoms with Crippen molar-refractivity contribution in [3.8, 4) is 11.5 Å². The van der Waals surface area contributed by atoms with Crippen molar-refractivity contribution in [1.29, 1.82) is 0 Å². The lowest BCUT2D eigenvalue weighted by Crippen LogP contribution is -2.23. The summed E-state index contributed by atoms with van der Waals surface area (Å²) in [5, 5.41) is 11.8. The Bertz CT molecular complexity index is 708. The van der Waals surface area contributed by atoms with Crippen molar-refractivity contribution in [3.63, 3.8) is 0 Å². The monoisotopic (exact) mass is 384 g/mol. The number of carbonyl (C=O) groups is 1. The van der Waals surface area contributed by atoms with Gasteiger partial charge in [-0.3, -0.25) is 4.79 Å². The van der Waals surface area contributed by atoms with Crippen molar-refractivity contribution in [1.82, 2.24) is 5.32 Å². The van der Waals surface area contributed by atoms with Gasteiger partial charge in [0.15, 0.2) is 0 Å². The molecule has 5 nitrogen and oxygen atoms in total. The van der Waals surface area contributed by atoms with Crippen molar-refractivity contribution >= 4 is 11.6 Å². The molecule has 1 atom stereocenters. The third kappa shape index (κ3) is 7.14. The van der Waals surface area contributed by atoms with E-state index in [0.717, 1.165) is 24.3 Å². The Morgan fingerprint density at radius 3 is 2.25 bits per heavy atom. The van der Waals surface area contributed by atoms with Gasteiger partial charge in [0.25, 0.3) is 0 Å². The van der Waals surface area contributed by atoms with Gasteiger partial charge < -0.3 is 20.1 Å². The number of ether oxygens (including phenoxy) is 1. The number of hydrogen-bond donors (Lipinski definition) is 2. The van der Waals surface area contributed by atoms with E-state index in [2.05, 4.69) is 41.4 Å². The van der Waals surface area contributed by atoms with Crippen LogP contribution in [0.2, 0.25) is 0 Å². The Labute approximate surface area is 168 Å². The molecule has 0 saturated carbocycles. The largest absolute Gasteiger partial charge is 0.508 e. The van der Waals surface area contributed by atoms with Gasteiger partial charge in [0.1, 0.15) is 11.5 Å². The van der Waals surface area contributed by atoms with Crippen molar-refractivity contribution in [2.45, 2.75) is 46.1 Å². The Hall–Kier alpha value is -2.69. The van der Waals surface area contributed by atoms with Gasteiger partial charge in [-0.05, 0) is 68.1 Å². The smallest absolute Gasteiger partial charge is 0.217 e. The summed E-state index contributed by atoms with van der Waals surface area (Å²) < 4.78 is 5.55. The molecule has 1 amide bonds. The van der Waals surface area contributed by atoms with E-state index in [0.29, 0.717) is 0 Å². The van der Waals surface area contributed by atoms with Crippen molar-refractivity contribution < 1.29 is 14.6 Å². The summed E-state index contributed by atoms with van der Waals surface area (Å²) >= 11 is 0. The van der Waals surface area contributed by atoms with E-state index in [-0.39, 0.29) is 17.7 Å². The van der Waals surface area contributed by atoms with Crippen LogP contribution in [0, 0.1) is 0 Å². The number of nitrogens with one attached hydrogen (secondary N) is 1. The third-order valence-corrected chi connectivity index (χ3v) is 4.59. The van der Waals surface area contributed by atoms with Crippen LogP contribution in [0.15, 0.2) is 48.5 Å². The molecule has 2 aromatic carbocycles. The number of phenols is 1. The maximum atomic E-state index is 10.7. The number of hydrogen-bond acceptors (Lipinski definition) is 4. The quantitative estimate of drug-likeness (QED) is 0.760. The Kier molecular flexibility index (Phi) is 8.66. The number of nitrogens with zero attached hydrogens (tertiary/aromatic N) is 1. The van der Waals surface area contributed by atoms with E-state index >= 15 is 0 Å². The molecule has 2 N–H and O–H groups in total. The zero-order valence-corrected chi connectivity index (χ0v) is 17.1. The second kappa shape index (κ2) is 11.2. The predicted octanol–water partition coefficient (Wildman–Crippen LogP) is 4.66. The minimum Gasteiger partial charge on any atom is -0.508 e. The fourth-order valence-electron chi connectivity index (χ4n) is 3.10. The maximum Gasteiger partial charge on any atom is 0.217 e. The first-order valence-corrected chi connectivity index (χ1v) is 10.0. The fourth-order valence-corrected chi connectivity index (χ4v) is 3.10. The zero-order chi connectivity index (χ0) is 20.4. The summed E-state index contributed by atoms with van der Waals surface area (Å²) in [5.41, 5.74) is 2.31. The van der Waals surface area contributed by atoms with Crippen LogP contribution in [-0.4, -0.2) is 30.7 Å². The molecule has 5 heteroatoms. The van der Waals surface area contributed by atoms with Gasteiger partial charge in [0.2, 0.25) is 5.91 Å². The third-order valence-electron chi connectivity index (χ3n) is 4.59. The van der Waals surface area contributed by atoms with Gasteiger partial charge in [0, 0.05) is 25.7 Å². The van der Waals surface area contributed by atoms with Gasteiger partial charge in [0.05, 0.1) is 12.6 Å². The molecule has 1 unspecified atom stereocenters. The molecule has 0 radical (unpaired) electrons. The molecule has 2 aromatic rings. The molecular weight excluding hydrogens is 352 g/mol. The number of aromatic hydroxyl groups is 1. The lowest BCUT2D eigenvalue weighted by atomic mass is 10.1. The molecule has 152 valence electrons. The van der Waals surface area contributed by atoms with Crippen LogP contribution in [0.5, 0.6) is 11.5 Å². The standard InChI is InChI=1S/C13H19NO.C10H13NO2/c1-2-11-15-13-7-5-12(6-8-13)14-9-3-4-10-14;1-7(11-8(2)12)9-3-5-10(13)6-4-9/h5-8H,2-4,9-11H2,1H3;3-7,13H,1-2H3,(H,11,12). The molecular formula is C23H32N2O3. The minimum absolute atomic E-state index is 0.0156. The molecule has 0 spiro atoms. The molecule has 0 bridgehead atoms. The normalized spacial score (nSPS) is 14.0. The number of anilines is 1. The number of benzene rings is 2. The lowest BCUT2D eigenvalue weighted by molar-refractivity contribution is -0.119. The number of carbonyl (C=O) groups excluding carboxylic acids is 1. The van der Waals surface area contributed by atoms with Gasteiger partial charge in [-0.15, -0.1) is 0 Å². The first-order valence-electron chi connectivity index (χ1n) is 10.0. The number of rotatable bonds is 6. The Morgan fingerprint density at radius 1 is 1.11 bits per heavy atom. The maximum absolute atomic E-state index is 10.7. The van der Waals surface area contributed by atoms with Gasteiger partial charge >= 0.3 is 0 Å². The number of phenolic OH excluding ortho intramolecular Hbond substituents is 1. The highest BCUT2D eigenvalue weighted by atomic mass is 16.5. The average molecular weight is 385 g/mol. The summed E-state index contributed by atoms with van der Waals surface area (Å²) in [7, 11) is 0. The number of amides is 1. The van der Waals surface area contributed by atoms with Crippen LogP contribution in [0.3, 0.4) is 0 Å². The molecule has 1 heterocycles. The van der Waals surface area contributed by atoms with Gasteiger partial charge in [-0.2, -0.15) is 0 Å². The van der Waals surface area contributed by atoms with Crippen LogP contribution in [0.25, 0.3) is 0 Å². The van der Waals surface area contributed by atoms with Crippen LogP contribution in [-0.2, 0) is 4.79 Å². The van der Waals surface area contributed by atoms with E-state index < -0.39 is 0 Å². The summed E-state index contributed by atoms with van der Waals surface area (Å²) in [6, 6.07) is 15.2. The second-order valence-corrected chi connectivity index (χ2v) is 7.05. The molecule has 1 aliphatic heterocycles. The summed E-state index contributed by atoms with van der Waals surface area (Å²) in [6.45, 7) is 8.72. The highest BCUT2D eigenvalue weighted by Gasteiger charge is 2.11. The fraction of sp³-hybridized carbons (Fsp3) is 0.435. The summed E-state index contributed by atoms with van der Waals surface area (Å²) in [5.74, 6) is 1.17. The average Bonchev–Trinajstić information content (AvgIpc) is 3.22. The SMILES string of the molecule is CC(=O)NC(C)c1ccc(O)cc1.CCCOc1ccc(N2CCCC2)cc1.